The number of benzene rings is 2. The van der Waals surface area contributed by atoms with Gasteiger partial charge >= 0.3 is 0 Å². The van der Waals surface area contributed by atoms with Crippen LogP contribution in [-0.4, -0.2) is 27.7 Å². The summed E-state index contributed by atoms with van der Waals surface area (Å²) in [5.41, 5.74) is 3.77. The third kappa shape index (κ3) is 4.18. The molecular formula is C25H22N4O3. The fraction of sp³-hybridized carbons (Fsp3) is 0.160. The molecule has 2 aromatic carbocycles. The molecule has 3 heterocycles. The summed E-state index contributed by atoms with van der Waals surface area (Å²) in [7, 11) is 0. The van der Waals surface area contributed by atoms with E-state index in [2.05, 4.69) is 10.3 Å². The van der Waals surface area contributed by atoms with Crippen molar-refractivity contribution in [2.24, 2.45) is 0 Å². The summed E-state index contributed by atoms with van der Waals surface area (Å²) in [5.74, 6) is 0.602. The van der Waals surface area contributed by atoms with Gasteiger partial charge in [-0.15, -0.1) is 0 Å². The lowest BCUT2D eigenvalue weighted by atomic mass is 10.2. The fourth-order valence-electron chi connectivity index (χ4n) is 3.77. The van der Waals surface area contributed by atoms with Crippen molar-refractivity contribution in [3.05, 3.63) is 90.4 Å². The highest BCUT2D eigenvalue weighted by Crippen LogP contribution is 2.23. The Hall–Kier alpha value is -4.13. The lowest BCUT2D eigenvalue weighted by Crippen LogP contribution is -2.23. The summed E-state index contributed by atoms with van der Waals surface area (Å²) in [6, 6.07) is 20.2. The zero-order valence-electron chi connectivity index (χ0n) is 17.4. The molecule has 0 aliphatic carbocycles. The highest BCUT2D eigenvalue weighted by molar-refractivity contribution is 6.04. The predicted octanol–water partition coefficient (Wildman–Crippen LogP) is 4.29. The van der Waals surface area contributed by atoms with Crippen molar-refractivity contribution in [3.8, 4) is 5.75 Å². The second-order valence-corrected chi connectivity index (χ2v) is 7.66. The van der Waals surface area contributed by atoms with Gasteiger partial charge in [-0.05, 0) is 67.1 Å². The first-order valence-corrected chi connectivity index (χ1v) is 10.5. The van der Waals surface area contributed by atoms with Gasteiger partial charge in [-0.1, -0.05) is 6.07 Å². The first-order valence-electron chi connectivity index (χ1n) is 10.5. The Bertz CT molecular complexity index is 1230. The van der Waals surface area contributed by atoms with E-state index in [1.165, 1.54) is 0 Å². The van der Waals surface area contributed by atoms with E-state index in [4.69, 9.17) is 4.74 Å². The first-order chi connectivity index (χ1) is 15.7. The topological polar surface area (TPSA) is 75.9 Å². The molecule has 7 heteroatoms. The molecule has 4 aromatic rings. The van der Waals surface area contributed by atoms with Crippen molar-refractivity contribution >= 4 is 28.8 Å². The number of imidazole rings is 1. The molecule has 1 aliphatic rings. The molecule has 0 radical (unpaired) electrons. The number of rotatable bonds is 6. The van der Waals surface area contributed by atoms with Crippen LogP contribution in [0.3, 0.4) is 0 Å². The van der Waals surface area contributed by atoms with Gasteiger partial charge in [-0.2, -0.15) is 0 Å². The lowest BCUT2D eigenvalue weighted by Gasteiger charge is -2.16. The van der Waals surface area contributed by atoms with Gasteiger partial charge in [0.2, 0.25) is 5.91 Å². The Kier molecular flexibility index (Phi) is 5.29. The van der Waals surface area contributed by atoms with Crippen molar-refractivity contribution < 1.29 is 14.3 Å². The Balaban J connectivity index is 1.18. The number of hydrogen-bond acceptors (Lipinski definition) is 4. The normalized spacial score (nSPS) is 13.5. The number of anilines is 2. The van der Waals surface area contributed by atoms with E-state index >= 15 is 0 Å². The van der Waals surface area contributed by atoms with E-state index in [0.717, 1.165) is 30.0 Å². The number of carbonyl (C=O) groups excluding carboxylic acids is 2. The highest BCUT2D eigenvalue weighted by Gasteiger charge is 2.21. The molecule has 2 aromatic heterocycles. The molecule has 160 valence electrons. The standard InChI is InChI=1S/C25H22N4O3/c30-24-5-3-15-29(24)21-10-8-19(9-11-21)27-25(31)18-6-12-22(13-7-18)32-17-20-16-28-14-2-1-4-23(28)26-20/h1-2,4,6-14,16H,3,5,15,17H2,(H,27,31). The number of fused-ring (bicyclic) bond motifs is 1. The number of amides is 2. The summed E-state index contributed by atoms with van der Waals surface area (Å²) in [4.78, 5) is 30.7. The molecule has 1 saturated heterocycles. The van der Waals surface area contributed by atoms with Crippen LogP contribution < -0.4 is 15.0 Å². The van der Waals surface area contributed by atoms with Crippen molar-refractivity contribution in [2.75, 3.05) is 16.8 Å². The number of nitrogens with zero attached hydrogens (tertiary/aromatic N) is 3. The Morgan fingerprint density at radius 3 is 2.56 bits per heavy atom. The van der Waals surface area contributed by atoms with Crippen LogP contribution in [0.15, 0.2) is 79.1 Å². The minimum Gasteiger partial charge on any atom is -0.487 e. The van der Waals surface area contributed by atoms with E-state index < -0.39 is 0 Å². The number of aromatic nitrogens is 2. The zero-order chi connectivity index (χ0) is 21.9. The fourth-order valence-corrected chi connectivity index (χ4v) is 3.77. The molecule has 5 rings (SSSR count). The quantitative estimate of drug-likeness (QED) is 0.499. The molecule has 0 saturated carbocycles. The maximum absolute atomic E-state index is 12.6. The first kappa shape index (κ1) is 19.8. The van der Waals surface area contributed by atoms with Crippen LogP contribution in [0.4, 0.5) is 11.4 Å². The second kappa shape index (κ2) is 8.55. The number of hydrogen-bond donors (Lipinski definition) is 1. The number of carbonyl (C=O) groups is 2. The SMILES string of the molecule is O=C(Nc1ccc(N2CCCC2=O)cc1)c1ccc(OCc2cn3ccccc3n2)cc1. The Morgan fingerprint density at radius 2 is 1.84 bits per heavy atom. The van der Waals surface area contributed by atoms with E-state index in [1.807, 2.05) is 59.3 Å². The number of pyridine rings is 1. The van der Waals surface area contributed by atoms with Crippen molar-refractivity contribution in [1.82, 2.24) is 9.38 Å². The van der Waals surface area contributed by atoms with Crippen LogP contribution in [0.5, 0.6) is 5.75 Å². The number of ether oxygens (including phenoxy) is 1. The molecular weight excluding hydrogens is 404 g/mol. The average molecular weight is 426 g/mol. The monoisotopic (exact) mass is 426 g/mol. The average Bonchev–Trinajstić information content (AvgIpc) is 3.44. The van der Waals surface area contributed by atoms with Gasteiger partial charge in [0.05, 0.1) is 5.69 Å². The van der Waals surface area contributed by atoms with Gasteiger partial charge in [0.15, 0.2) is 0 Å². The van der Waals surface area contributed by atoms with Gasteiger partial charge in [-0.25, -0.2) is 4.98 Å². The van der Waals surface area contributed by atoms with Crippen LogP contribution in [0, 0.1) is 0 Å². The molecule has 1 aliphatic heterocycles. The highest BCUT2D eigenvalue weighted by atomic mass is 16.5. The molecule has 2 amide bonds. The summed E-state index contributed by atoms with van der Waals surface area (Å²) in [6.07, 6.45) is 5.36. The third-order valence-corrected chi connectivity index (χ3v) is 5.43. The van der Waals surface area contributed by atoms with Gasteiger partial charge in [0.1, 0.15) is 18.0 Å². The molecule has 1 N–H and O–H groups in total. The van der Waals surface area contributed by atoms with E-state index in [0.29, 0.717) is 30.0 Å². The molecule has 1 fully saturated rings. The molecule has 32 heavy (non-hydrogen) atoms. The van der Waals surface area contributed by atoms with Crippen molar-refractivity contribution in [2.45, 2.75) is 19.4 Å². The van der Waals surface area contributed by atoms with Crippen LogP contribution in [-0.2, 0) is 11.4 Å². The van der Waals surface area contributed by atoms with E-state index in [1.54, 1.807) is 29.2 Å². The van der Waals surface area contributed by atoms with E-state index in [9.17, 15) is 9.59 Å². The molecule has 0 spiro atoms. The lowest BCUT2D eigenvalue weighted by molar-refractivity contribution is -0.117. The smallest absolute Gasteiger partial charge is 0.255 e. The van der Waals surface area contributed by atoms with Crippen LogP contribution >= 0.6 is 0 Å². The Morgan fingerprint density at radius 1 is 1.03 bits per heavy atom. The van der Waals surface area contributed by atoms with E-state index in [-0.39, 0.29) is 11.8 Å². The predicted molar refractivity (Wildman–Crippen MR) is 122 cm³/mol. The van der Waals surface area contributed by atoms with Gasteiger partial charge in [0.25, 0.3) is 5.91 Å². The largest absolute Gasteiger partial charge is 0.487 e. The molecule has 0 bridgehead atoms. The van der Waals surface area contributed by atoms with Gasteiger partial charge in [-0.3, -0.25) is 9.59 Å². The number of nitrogens with one attached hydrogen (secondary N) is 1. The van der Waals surface area contributed by atoms with Crippen LogP contribution in [0.2, 0.25) is 0 Å². The van der Waals surface area contributed by atoms with Crippen molar-refractivity contribution in [3.63, 3.8) is 0 Å². The zero-order valence-corrected chi connectivity index (χ0v) is 17.4. The maximum Gasteiger partial charge on any atom is 0.255 e. The van der Waals surface area contributed by atoms with Gasteiger partial charge < -0.3 is 19.4 Å². The maximum atomic E-state index is 12.6. The third-order valence-electron chi connectivity index (χ3n) is 5.43. The Labute approximate surface area is 185 Å². The molecule has 7 nitrogen and oxygen atoms in total. The summed E-state index contributed by atoms with van der Waals surface area (Å²) < 4.78 is 7.75. The minimum absolute atomic E-state index is 0.144. The van der Waals surface area contributed by atoms with Crippen molar-refractivity contribution in [1.29, 1.82) is 0 Å². The van der Waals surface area contributed by atoms with Crippen LogP contribution in [0.25, 0.3) is 5.65 Å². The minimum atomic E-state index is -0.207. The molecule has 0 unspecified atom stereocenters. The van der Waals surface area contributed by atoms with Crippen LogP contribution in [0.1, 0.15) is 28.9 Å². The van der Waals surface area contributed by atoms with Gasteiger partial charge in [0, 0.05) is 42.3 Å². The summed E-state index contributed by atoms with van der Waals surface area (Å²) >= 11 is 0. The molecule has 0 atom stereocenters. The second-order valence-electron chi connectivity index (χ2n) is 7.66. The summed E-state index contributed by atoms with van der Waals surface area (Å²) in [6.45, 7) is 1.09. The summed E-state index contributed by atoms with van der Waals surface area (Å²) in [5, 5.41) is 2.88.